The van der Waals surface area contributed by atoms with E-state index in [1.165, 1.54) is 6.07 Å². The summed E-state index contributed by atoms with van der Waals surface area (Å²) in [4.78, 5) is 14.7. The summed E-state index contributed by atoms with van der Waals surface area (Å²) in [7, 11) is 0. The number of aryl methyl sites for hydroxylation is 1. The molecule has 1 aromatic heterocycles. The van der Waals surface area contributed by atoms with Gasteiger partial charge in [0.2, 0.25) is 0 Å². The van der Waals surface area contributed by atoms with Gasteiger partial charge in [-0.2, -0.15) is 0 Å². The number of rotatable bonds is 5. The average molecular weight is 280 g/mol. The summed E-state index contributed by atoms with van der Waals surface area (Å²) >= 11 is 1.13. The molecule has 0 unspecified atom stereocenters. The van der Waals surface area contributed by atoms with Crippen molar-refractivity contribution in [1.82, 2.24) is 9.55 Å². The number of carboxylic acid groups (broad SMARTS) is 1. The van der Waals surface area contributed by atoms with E-state index in [0.29, 0.717) is 17.3 Å². The van der Waals surface area contributed by atoms with Crippen LogP contribution in [0.1, 0.15) is 11.3 Å². The lowest BCUT2D eigenvalue weighted by Crippen LogP contribution is -2.07. The van der Waals surface area contributed by atoms with Crippen LogP contribution in [0.15, 0.2) is 35.6 Å². The topological polar surface area (TPSA) is 55.1 Å². The van der Waals surface area contributed by atoms with Crippen molar-refractivity contribution in [3.63, 3.8) is 0 Å². The number of hydrogen-bond donors (Lipinski definition) is 1. The minimum Gasteiger partial charge on any atom is -0.481 e. The van der Waals surface area contributed by atoms with E-state index in [1.807, 2.05) is 11.5 Å². The molecule has 2 rings (SSSR count). The summed E-state index contributed by atoms with van der Waals surface area (Å²) < 4.78 is 15.4. The van der Waals surface area contributed by atoms with Gasteiger partial charge in [0.1, 0.15) is 5.82 Å². The monoisotopic (exact) mass is 280 g/mol. The van der Waals surface area contributed by atoms with Crippen molar-refractivity contribution >= 4 is 17.7 Å². The highest BCUT2D eigenvalue weighted by atomic mass is 32.2. The minimum absolute atomic E-state index is 0.0618. The number of carbonyl (C=O) groups is 1. The first-order valence-electron chi connectivity index (χ1n) is 5.68. The van der Waals surface area contributed by atoms with Crippen molar-refractivity contribution in [3.05, 3.63) is 47.5 Å². The van der Waals surface area contributed by atoms with Crippen LogP contribution in [0.25, 0.3) is 0 Å². The van der Waals surface area contributed by atoms with E-state index < -0.39 is 5.97 Å². The number of thioether (sulfide) groups is 1. The second kappa shape index (κ2) is 5.88. The van der Waals surface area contributed by atoms with Crippen LogP contribution in [0.3, 0.4) is 0 Å². The van der Waals surface area contributed by atoms with Crippen molar-refractivity contribution in [3.8, 4) is 0 Å². The van der Waals surface area contributed by atoms with E-state index in [4.69, 9.17) is 5.11 Å². The molecule has 0 fully saturated rings. The van der Waals surface area contributed by atoms with Crippen LogP contribution < -0.4 is 0 Å². The van der Waals surface area contributed by atoms with Crippen LogP contribution in [0.4, 0.5) is 4.39 Å². The molecule has 0 saturated heterocycles. The van der Waals surface area contributed by atoms with Crippen LogP contribution in [0.2, 0.25) is 0 Å². The molecule has 0 spiro atoms. The fourth-order valence-electron chi connectivity index (χ4n) is 1.67. The third kappa shape index (κ3) is 3.35. The highest BCUT2D eigenvalue weighted by Crippen LogP contribution is 2.20. The summed E-state index contributed by atoms with van der Waals surface area (Å²) in [6.45, 7) is 2.21. The zero-order valence-corrected chi connectivity index (χ0v) is 11.2. The first kappa shape index (κ1) is 13.6. The Balaban J connectivity index is 2.22. The Morgan fingerprint density at radius 2 is 2.21 bits per heavy atom. The van der Waals surface area contributed by atoms with Crippen LogP contribution in [0.5, 0.6) is 0 Å². The summed E-state index contributed by atoms with van der Waals surface area (Å²) in [5.74, 6) is -1.24. The van der Waals surface area contributed by atoms with Crippen LogP contribution in [-0.2, 0) is 11.3 Å². The van der Waals surface area contributed by atoms with Crippen molar-refractivity contribution in [2.45, 2.75) is 18.6 Å². The van der Waals surface area contributed by atoms with Gasteiger partial charge in [-0.15, -0.1) is 0 Å². The average Bonchev–Trinajstić information content (AvgIpc) is 2.71. The SMILES string of the molecule is Cc1cnc(SCC(=O)O)n1Cc1ccccc1F. The molecule has 0 bridgehead atoms. The number of imidazole rings is 1. The Morgan fingerprint density at radius 1 is 1.47 bits per heavy atom. The maximum absolute atomic E-state index is 13.6. The van der Waals surface area contributed by atoms with Crippen LogP contribution >= 0.6 is 11.8 Å². The van der Waals surface area contributed by atoms with Gasteiger partial charge in [-0.25, -0.2) is 9.37 Å². The lowest BCUT2D eigenvalue weighted by atomic mass is 10.2. The van der Waals surface area contributed by atoms with Gasteiger partial charge in [0, 0.05) is 17.5 Å². The highest BCUT2D eigenvalue weighted by Gasteiger charge is 2.11. The Kier molecular flexibility index (Phi) is 4.21. The zero-order valence-electron chi connectivity index (χ0n) is 10.3. The number of nitrogens with zero attached hydrogens (tertiary/aromatic N) is 2. The van der Waals surface area contributed by atoms with E-state index in [2.05, 4.69) is 4.98 Å². The fraction of sp³-hybridized carbons (Fsp3) is 0.231. The van der Waals surface area contributed by atoms with E-state index in [0.717, 1.165) is 17.5 Å². The molecule has 19 heavy (non-hydrogen) atoms. The van der Waals surface area contributed by atoms with Gasteiger partial charge < -0.3 is 9.67 Å². The summed E-state index contributed by atoms with van der Waals surface area (Å²) in [6.07, 6.45) is 1.66. The molecule has 0 aliphatic carbocycles. The molecule has 1 aromatic carbocycles. The van der Waals surface area contributed by atoms with Gasteiger partial charge in [-0.3, -0.25) is 4.79 Å². The Bertz CT molecular complexity index is 598. The van der Waals surface area contributed by atoms with E-state index in [-0.39, 0.29) is 11.6 Å². The summed E-state index contributed by atoms with van der Waals surface area (Å²) in [5.41, 5.74) is 1.43. The number of carboxylic acids is 1. The molecule has 0 amide bonds. The second-order valence-corrected chi connectivity index (χ2v) is 4.98. The highest BCUT2D eigenvalue weighted by molar-refractivity contribution is 7.99. The molecule has 0 saturated carbocycles. The number of aromatic nitrogens is 2. The molecule has 4 nitrogen and oxygen atoms in total. The molecule has 1 heterocycles. The predicted octanol–water partition coefficient (Wildman–Crippen LogP) is 2.56. The third-order valence-corrected chi connectivity index (χ3v) is 3.60. The summed E-state index contributed by atoms with van der Waals surface area (Å²) in [6, 6.07) is 6.53. The van der Waals surface area contributed by atoms with Gasteiger partial charge in [0.05, 0.1) is 12.3 Å². The maximum atomic E-state index is 13.6. The van der Waals surface area contributed by atoms with Crippen molar-refractivity contribution in [2.75, 3.05) is 5.75 Å². The zero-order chi connectivity index (χ0) is 13.8. The molecule has 100 valence electrons. The fourth-order valence-corrected chi connectivity index (χ4v) is 2.41. The van der Waals surface area contributed by atoms with Crippen molar-refractivity contribution < 1.29 is 14.3 Å². The number of aliphatic carboxylic acids is 1. The molecule has 0 atom stereocenters. The maximum Gasteiger partial charge on any atom is 0.313 e. The number of benzene rings is 1. The largest absolute Gasteiger partial charge is 0.481 e. The quantitative estimate of drug-likeness (QED) is 0.855. The molecular weight excluding hydrogens is 267 g/mol. The Morgan fingerprint density at radius 3 is 2.89 bits per heavy atom. The second-order valence-electron chi connectivity index (χ2n) is 4.04. The standard InChI is InChI=1S/C13H13FN2O2S/c1-9-6-15-13(19-8-12(17)18)16(9)7-10-4-2-3-5-11(10)14/h2-6H,7-8H2,1H3,(H,17,18). The molecule has 0 radical (unpaired) electrons. The molecule has 6 heteroatoms. The van der Waals surface area contributed by atoms with Gasteiger partial charge in [-0.05, 0) is 13.0 Å². The van der Waals surface area contributed by atoms with Gasteiger partial charge in [0.15, 0.2) is 5.16 Å². The van der Waals surface area contributed by atoms with E-state index >= 15 is 0 Å². The first-order chi connectivity index (χ1) is 9.08. The predicted molar refractivity (Wildman–Crippen MR) is 70.8 cm³/mol. The van der Waals surface area contributed by atoms with E-state index in [9.17, 15) is 9.18 Å². The molecule has 1 N–H and O–H groups in total. The smallest absolute Gasteiger partial charge is 0.313 e. The first-order valence-corrected chi connectivity index (χ1v) is 6.66. The molecular formula is C13H13FN2O2S. The lowest BCUT2D eigenvalue weighted by Gasteiger charge is -2.10. The Labute approximate surface area is 114 Å². The van der Waals surface area contributed by atoms with Crippen molar-refractivity contribution in [1.29, 1.82) is 0 Å². The lowest BCUT2D eigenvalue weighted by molar-refractivity contribution is -0.133. The number of hydrogen-bond acceptors (Lipinski definition) is 3. The van der Waals surface area contributed by atoms with Crippen molar-refractivity contribution in [2.24, 2.45) is 0 Å². The minimum atomic E-state index is -0.900. The third-order valence-electron chi connectivity index (χ3n) is 2.63. The number of halogens is 1. The molecule has 2 aromatic rings. The van der Waals surface area contributed by atoms with Gasteiger partial charge in [0.25, 0.3) is 0 Å². The normalized spacial score (nSPS) is 10.6. The summed E-state index contributed by atoms with van der Waals surface area (Å²) in [5, 5.41) is 9.27. The van der Waals surface area contributed by atoms with E-state index in [1.54, 1.807) is 24.4 Å². The molecule has 0 aliphatic heterocycles. The van der Waals surface area contributed by atoms with Gasteiger partial charge >= 0.3 is 5.97 Å². The van der Waals surface area contributed by atoms with Gasteiger partial charge in [-0.1, -0.05) is 30.0 Å². The van der Waals surface area contributed by atoms with Crippen LogP contribution in [-0.4, -0.2) is 26.4 Å². The molecule has 0 aliphatic rings. The van der Waals surface area contributed by atoms with Crippen LogP contribution in [0, 0.1) is 12.7 Å². The Hall–Kier alpha value is -1.82.